The zero-order valence-corrected chi connectivity index (χ0v) is 26.0. The summed E-state index contributed by atoms with van der Waals surface area (Å²) in [6.07, 6.45) is -0.0911. The van der Waals surface area contributed by atoms with Crippen molar-refractivity contribution in [1.29, 1.82) is 0 Å². The first-order chi connectivity index (χ1) is 20.2. The fourth-order valence-corrected chi connectivity index (χ4v) is 6.96. The van der Waals surface area contributed by atoms with Gasteiger partial charge in [-0.05, 0) is 67.4 Å². The number of benzene rings is 4. The number of carbonyl (C=O) groups excluding carboxylic acids is 1. The van der Waals surface area contributed by atoms with Crippen LogP contribution in [0.25, 0.3) is 0 Å². The number of nitrogens with one attached hydrogen (secondary N) is 1. The van der Waals surface area contributed by atoms with Gasteiger partial charge in [0.2, 0.25) is 10.0 Å². The average Bonchev–Trinajstić information content (AvgIpc) is 2.99. The Morgan fingerprint density at radius 3 is 1.93 bits per heavy atom. The summed E-state index contributed by atoms with van der Waals surface area (Å²) >= 11 is 3.41. The molecule has 5 rings (SSSR count). The van der Waals surface area contributed by atoms with Crippen molar-refractivity contribution in [2.75, 3.05) is 31.5 Å². The fourth-order valence-electron chi connectivity index (χ4n) is 5.18. The highest BCUT2D eigenvalue weighted by atomic mass is 79.9. The number of rotatable bonds is 9. The van der Waals surface area contributed by atoms with Crippen LogP contribution in [0.3, 0.4) is 0 Å². The molecule has 42 heavy (non-hydrogen) atoms. The molecule has 1 aliphatic heterocycles. The van der Waals surface area contributed by atoms with Crippen molar-refractivity contribution >= 4 is 37.5 Å². The molecule has 0 bridgehead atoms. The third kappa shape index (κ3) is 6.93. The number of nitrogens with zero attached hydrogens (tertiary/aromatic N) is 2. The van der Waals surface area contributed by atoms with E-state index in [-0.39, 0.29) is 22.9 Å². The van der Waals surface area contributed by atoms with E-state index < -0.39 is 10.0 Å². The molecule has 218 valence electrons. The number of anilines is 1. The van der Waals surface area contributed by atoms with Crippen molar-refractivity contribution in [1.82, 2.24) is 9.21 Å². The fraction of sp³-hybridized carbons (Fsp3) is 0.242. The summed E-state index contributed by atoms with van der Waals surface area (Å²) in [4.78, 5) is 15.6. The molecule has 1 amide bonds. The molecule has 1 aliphatic rings. The quantitative estimate of drug-likeness (QED) is 0.222. The number of hydrogen-bond acceptors (Lipinski definition) is 5. The molecule has 4 aromatic carbocycles. The van der Waals surface area contributed by atoms with Gasteiger partial charge in [0.05, 0.1) is 22.6 Å². The third-order valence-electron chi connectivity index (χ3n) is 7.17. The number of hydrogen-bond donors (Lipinski definition) is 1. The van der Waals surface area contributed by atoms with Crippen molar-refractivity contribution in [2.24, 2.45) is 0 Å². The molecule has 0 aliphatic carbocycles. The largest absolute Gasteiger partial charge is 0.490 e. The molecule has 9 heteroatoms. The summed E-state index contributed by atoms with van der Waals surface area (Å²) in [7, 11) is -3.70. The molecule has 0 radical (unpaired) electrons. The topological polar surface area (TPSA) is 78.9 Å². The number of amides is 1. The molecule has 7 nitrogen and oxygen atoms in total. The van der Waals surface area contributed by atoms with Gasteiger partial charge < -0.3 is 10.1 Å². The molecular formula is C33H34BrN3O4S. The summed E-state index contributed by atoms with van der Waals surface area (Å²) in [6, 6.07) is 32.3. The van der Waals surface area contributed by atoms with E-state index in [2.05, 4.69) is 50.4 Å². The molecule has 0 spiro atoms. The highest BCUT2D eigenvalue weighted by Gasteiger charge is 2.32. The predicted molar refractivity (Wildman–Crippen MR) is 169 cm³/mol. The minimum Gasteiger partial charge on any atom is -0.490 e. The van der Waals surface area contributed by atoms with Crippen LogP contribution in [0.5, 0.6) is 5.75 Å². The standard InChI is InChI=1S/C33H34BrN3O4S/c1-24(2)41-31-18-13-27(34)23-30(31)33(38)35-28-14-16-29(17-15-28)42(39,40)37-21-19-36(20-22-37)32(25-9-5-3-6-10-25)26-11-7-4-8-12-26/h3-18,23-24,32H,19-22H2,1-2H3,(H,35,38). The van der Waals surface area contributed by atoms with Gasteiger partial charge in [-0.25, -0.2) is 8.42 Å². The summed E-state index contributed by atoms with van der Waals surface area (Å²) in [5, 5.41) is 2.85. The summed E-state index contributed by atoms with van der Waals surface area (Å²) in [5.74, 6) is 0.135. The number of carbonyl (C=O) groups is 1. The van der Waals surface area contributed by atoms with Crippen LogP contribution in [0.4, 0.5) is 5.69 Å². The molecule has 1 heterocycles. The maximum Gasteiger partial charge on any atom is 0.259 e. The normalized spacial score (nSPS) is 14.7. The monoisotopic (exact) mass is 647 g/mol. The summed E-state index contributed by atoms with van der Waals surface area (Å²) in [5.41, 5.74) is 3.25. The summed E-state index contributed by atoms with van der Waals surface area (Å²) < 4.78 is 35.2. The first kappa shape index (κ1) is 30.0. The summed E-state index contributed by atoms with van der Waals surface area (Å²) in [6.45, 7) is 5.78. The lowest BCUT2D eigenvalue weighted by Crippen LogP contribution is -2.49. The molecule has 1 saturated heterocycles. The van der Waals surface area contributed by atoms with Crippen LogP contribution in [0.15, 0.2) is 112 Å². The van der Waals surface area contributed by atoms with Gasteiger partial charge in [-0.3, -0.25) is 9.69 Å². The van der Waals surface area contributed by atoms with Crippen molar-refractivity contribution in [3.63, 3.8) is 0 Å². The number of halogens is 1. The Hall–Kier alpha value is -3.50. The van der Waals surface area contributed by atoms with Gasteiger partial charge in [-0.2, -0.15) is 4.31 Å². The van der Waals surface area contributed by atoms with E-state index in [1.54, 1.807) is 40.7 Å². The Balaban J connectivity index is 1.26. The minimum atomic E-state index is -3.70. The Morgan fingerprint density at radius 2 is 1.38 bits per heavy atom. The Bertz CT molecular complexity index is 1570. The van der Waals surface area contributed by atoms with Crippen LogP contribution in [-0.2, 0) is 10.0 Å². The van der Waals surface area contributed by atoms with E-state index in [0.29, 0.717) is 43.2 Å². The second-order valence-corrected chi connectivity index (χ2v) is 13.3. The van der Waals surface area contributed by atoms with E-state index in [1.165, 1.54) is 11.1 Å². The lowest BCUT2D eigenvalue weighted by Gasteiger charge is -2.39. The molecule has 1 N–H and O–H groups in total. The molecule has 0 unspecified atom stereocenters. The van der Waals surface area contributed by atoms with Crippen LogP contribution in [0.2, 0.25) is 0 Å². The first-order valence-corrected chi connectivity index (χ1v) is 16.2. The van der Waals surface area contributed by atoms with Gasteiger partial charge in [0.25, 0.3) is 5.91 Å². The smallest absolute Gasteiger partial charge is 0.259 e. The highest BCUT2D eigenvalue weighted by molar-refractivity contribution is 9.10. The predicted octanol–water partition coefficient (Wildman–Crippen LogP) is 6.58. The Kier molecular flexibility index (Phi) is 9.43. The maximum atomic E-state index is 13.5. The highest BCUT2D eigenvalue weighted by Crippen LogP contribution is 2.31. The molecule has 4 aromatic rings. The van der Waals surface area contributed by atoms with Crippen molar-refractivity contribution in [3.8, 4) is 5.75 Å². The van der Waals surface area contributed by atoms with Crippen LogP contribution < -0.4 is 10.1 Å². The van der Waals surface area contributed by atoms with Crippen molar-refractivity contribution in [3.05, 3.63) is 124 Å². The van der Waals surface area contributed by atoms with Gasteiger partial charge in [0, 0.05) is 36.3 Å². The van der Waals surface area contributed by atoms with Crippen LogP contribution >= 0.6 is 15.9 Å². The molecular weight excluding hydrogens is 614 g/mol. The SMILES string of the molecule is CC(C)Oc1ccc(Br)cc1C(=O)Nc1ccc(S(=O)(=O)N2CCN(C(c3ccccc3)c3ccccc3)CC2)cc1. The van der Waals surface area contributed by atoms with Crippen molar-refractivity contribution < 1.29 is 17.9 Å². The van der Waals surface area contributed by atoms with Gasteiger partial charge >= 0.3 is 0 Å². The molecule has 1 fully saturated rings. The lowest BCUT2D eigenvalue weighted by molar-refractivity contribution is 0.102. The third-order valence-corrected chi connectivity index (χ3v) is 9.57. The van der Waals surface area contributed by atoms with E-state index in [9.17, 15) is 13.2 Å². The van der Waals surface area contributed by atoms with E-state index in [4.69, 9.17) is 4.74 Å². The number of sulfonamides is 1. The average molecular weight is 649 g/mol. The van der Waals surface area contributed by atoms with E-state index >= 15 is 0 Å². The van der Waals surface area contributed by atoms with Crippen LogP contribution in [0, 0.1) is 0 Å². The van der Waals surface area contributed by atoms with Gasteiger partial charge in [-0.1, -0.05) is 76.6 Å². The molecule has 0 atom stereocenters. The zero-order chi connectivity index (χ0) is 29.7. The van der Waals surface area contributed by atoms with E-state index in [0.717, 1.165) is 4.47 Å². The van der Waals surface area contributed by atoms with Gasteiger partial charge in [-0.15, -0.1) is 0 Å². The minimum absolute atomic E-state index is 0.0526. The van der Waals surface area contributed by atoms with Crippen molar-refractivity contribution in [2.45, 2.75) is 30.9 Å². The van der Waals surface area contributed by atoms with Gasteiger partial charge in [0.15, 0.2) is 0 Å². The second-order valence-electron chi connectivity index (χ2n) is 10.4. The lowest BCUT2D eigenvalue weighted by atomic mass is 9.96. The first-order valence-electron chi connectivity index (χ1n) is 13.9. The van der Waals surface area contributed by atoms with E-state index in [1.807, 2.05) is 56.3 Å². The molecule has 0 saturated carbocycles. The van der Waals surface area contributed by atoms with Crippen LogP contribution in [0.1, 0.15) is 41.4 Å². The van der Waals surface area contributed by atoms with Crippen LogP contribution in [-0.4, -0.2) is 55.8 Å². The van der Waals surface area contributed by atoms with Gasteiger partial charge in [0.1, 0.15) is 5.75 Å². The zero-order valence-electron chi connectivity index (χ0n) is 23.6. The number of ether oxygens (including phenoxy) is 1. The Labute approximate surface area is 256 Å². The Morgan fingerprint density at radius 1 is 0.810 bits per heavy atom. The molecule has 0 aromatic heterocycles. The number of piperazine rings is 1. The second kappa shape index (κ2) is 13.2. The maximum absolute atomic E-state index is 13.5.